The predicted molar refractivity (Wildman–Crippen MR) is 133 cm³/mol. The number of primary amides is 1. The minimum absolute atomic E-state index is 0.0408. The van der Waals surface area contributed by atoms with Crippen LogP contribution in [0, 0.1) is 5.82 Å². The SMILES string of the molecule is CC(Oc1ccccc1)C(=O)N1CCN(C(=O)c2cc(COc3ccsc3C(N)=O)ccc2F)CC1. The second kappa shape index (κ2) is 11.2. The van der Waals surface area contributed by atoms with Gasteiger partial charge in [-0.1, -0.05) is 24.3 Å². The average Bonchev–Trinajstić information content (AvgIpc) is 3.37. The number of carbonyl (C=O) groups is 3. The Morgan fingerprint density at radius 1 is 1.03 bits per heavy atom. The van der Waals surface area contributed by atoms with Gasteiger partial charge in [-0.25, -0.2) is 4.39 Å². The maximum atomic E-state index is 14.5. The summed E-state index contributed by atoms with van der Waals surface area (Å²) in [5.41, 5.74) is 5.83. The highest BCUT2D eigenvalue weighted by Crippen LogP contribution is 2.25. The monoisotopic (exact) mass is 511 g/mol. The number of halogens is 1. The molecule has 1 fully saturated rings. The number of rotatable bonds is 8. The third-order valence-electron chi connectivity index (χ3n) is 5.79. The van der Waals surface area contributed by atoms with Crippen LogP contribution in [0.3, 0.4) is 0 Å². The normalized spacial score (nSPS) is 14.3. The van der Waals surface area contributed by atoms with E-state index in [1.165, 1.54) is 34.4 Å². The maximum absolute atomic E-state index is 14.5. The highest BCUT2D eigenvalue weighted by Gasteiger charge is 2.29. The summed E-state index contributed by atoms with van der Waals surface area (Å²) in [6, 6.07) is 14.9. The van der Waals surface area contributed by atoms with Crippen molar-refractivity contribution in [3.63, 3.8) is 0 Å². The molecule has 0 aliphatic carbocycles. The Morgan fingerprint density at radius 2 is 1.72 bits per heavy atom. The number of benzene rings is 2. The van der Waals surface area contributed by atoms with Gasteiger partial charge < -0.3 is 25.0 Å². The molecular formula is C26H26FN3O5S. The standard InChI is InChI=1S/C26H26FN3O5S/c1-17(35-19-5-3-2-4-6-19)25(32)29-10-12-30(13-11-29)26(33)20-15-18(7-8-21(20)27)16-34-22-9-14-36-23(22)24(28)31/h2-9,14-15,17H,10-13,16H2,1H3,(H2,28,31). The van der Waals surface area contributed by atoms with E-state index in [4.69, 9.17) is 15.2 Å². The number of hydrogen-bond donors (Lipinski definition) is 1. The molecule has 1 saturated heterocycles. The fourth-order valence-electron chi connectivity index (χ4n) is 3.89. The van der Waals surface area contributed by atoms with Crippen LogP contribution < -0.4 is 15.2 Å². The first kappa shape index (κ1) is 25.2. The summed E-state index contributed by atoms with van der Waals surface area (Å²) in [4.78, 5) is 40.8. The van der Waals surface area contributed by atoms with Crippen molar-refractivity contribution >= 4 is 29.1 Å². The van der Waals surface area contributed by atoms with Crippen molar-refractivity contribution in [3.05, 3.63) is 81.8 Å². The smallest absolute Gasteiger partial charge is 0.263 e. The highest BCUT2D eigenvalue weighted by molar-refractivity contribution is 7.12. The van der Waals surface area contributed by atoms with E-state index in [0.717, 1.165) is 0 Å². The van der Waals surface area contributed by atoms with E-state index >= 15 is 0 Å². The lowest BCUT2D eigenvalue weighted by molar-refractivity contribution is -0.139. The number of nitrogens with two attached hydrogens (primary N) is 1. The zero-order chi connectivity index (χ0) is 25.7. The Hall–Kier alpha value is -3.92. The van der Waals surface area contributed by atoms with Crippen LogP contribution in [0.4, 0.5) is 4.39 Å². The molecule has 36 heavy (non-hydrogen) atoms. The molecule has 1 unspecified atom stereocenters. The van der Waals surface area contributed by atoms with E-state index in [-0.39, 0.29) is 31.2 Å². The first-order chi connectivity index (χ1) is 17.3. The fourth-order valence-corrected chi connectivity index (χ4v) is 4.58. The van der Waals surface area contributed by atoms with Crippen molar-refractivity contribution in [2.45, 2.75) is 19.6 Å². The van der Waals surface area contributed by atoms with Crippen molar-refractivity contribution in [2.75, 3.05) is 26.2 Å². The molecule has 2 aromatic carbocycles. The van der Waals surface area contributed by atoms with E-state index < -0.39 is 23.7 Å². The Kier molecular flexibility index (Phi) is 7.84. The molecule has 2 N–H and O–H groups in total. The first-order valence-electron chi connectivity index (χ1n) is 11.4. The zero-order valence-electron chi connectivity index (χ0n) is 19.7. The second-order valence-corrected chi connectivity index (χ2v) is 9.19. The molecule has 1 aliphatic rings. The quantitative estimate of drug-likeness (QED) is 0.500. The Morgan fingerprint density at radius 3 is 2.42 bits per heavy atom. The van der Waals surface area contributed by atoms with Gasteiger partial charge in [-0.2, -0.15) is 0 Å². The van der Waals surface area contributed by atoms with Gasteiger partial charge in [-0.05, 0) is 48.2 Å². The molecule has 0 bridgehead atoms. The number of para-hydroxylation sites is 1. The molecule has 0 radical (unpaired) electrons. The van der Waals surface area contributed by atoms with Crippen molar-refractivity contribution < 1.29 is 28.2 Å². The van der Waals surface area contributed by atoms with E-state index in [0.29, 0.717) is 35.0 Å². The topological polar surface area (TPSA) is 102 Å². The van der Waals surface area contributed by atoms with Crippen LogP contribution in [0.25, 0.3) is 0 Å². The third kappa shape index (κ3) is 5.83. The zero-order valence-corrected chi connectivity index (χ0v) is 20.5. The lowest BCUT2D eigenvalue weighted by atomic mass is 10.1. The van der Waals surface area contributed by atoms with Crippen LogP contribution in [-0.4, -0.2) is 59.8 Å². The molecule has 1 aromatic heterocycles. The predicted octanol–water partition coefficient (Wildman–Crippen LogP) is 3.32. The average molecular weight is 512 g/mol. The summed E-state index contributed by atoms with van der Waals surface area (Å²) in [7, 11) is 0. The van der Waals surface area contributed by atoms with Gasteiger partial charge in [0.2, 0.25) is 0 Å². The number of nitrogens with zero attached hydrogens (tertiary/aromatic N) is 2. The first-order valence-corrected chi connectivity index (χ1v) is 12.3. The molecule has 3 amide bonds. The third-order valence-corrected chi connectivity index (χ3v) is 6.70. The maximum Gasteiger partial charge on any atom is 0.263 e. The van der Waals surface area contributed by atoms with Crippen LogP contribution in [0.1, 0.15) is 32.5 Å². The number of amides is 3. The summed E-state index contributed by atoms with van der Waals surface area (Å²) < 4.78 is 25.9. The summed E-state index contributed by atoms with van der Waals surface area (Å²) in [5, 5.41) is 1.69. The molecule has 188 valence electrons. The lowest BCUT2D eigenvalue weighted by Crippen LogP contribution is -2.53. The van der Waals surface area contributed by atoms with Gasteiger partial charge >= 0.3 is 0 Å². The van der Waals surface area contributed by atoms with Crippen LogP contribution >= 0.6 is 11.3 Å². The summed E-state index contributed by atoms with van der Waals surface area (Å²) in [5.74, 6) is -0.898. The Bertz CT molecular complexity index is 1240. The van der Waals surface area contributed by atoms with E-state index in [9.17, 15) is 18.8 Å². The second-order valence-electron chi connectivity index (χ2n) is 8.27. The van der Waals surface area contributed by atoms with Crippen LogP contribution in [0.15, 0.2) is 60.0 Å². The van der Waals surface area contributed by atoms with E-state index in [2.05, 4.69) is 0 Å². The number of carbonyl (C=O) groups excluding carboxylic acids is 3. The summed E-state index contributed by atoms with van der Waals surface area (Å²) in [6.07, 6.45) is -0.665. The van der Waals surface area contributed by atoms with Gasteiger partial charge in [0, 0.05) is 26.2 Å². The Balaban J connectivity index is 1.34. The van der Waals surface area contributed by atoms with Gasteiger partial charge in [0.25, 0.3) is 17.7 Å². The molecule has 4 rings (SSSR count). The molecule has 1 aliphatic heterocycles. The van der Waals surface area contributed by atoms with E-state index in [1.807, 2.05) is 18.2 Å². The van der Waals surface area contributed by atoms with Crippen molar-refractivity contribution in [1.82, 2.24) is 9.80 Å². The van der Waals surface area contributed by atoms with Crippen molar-refractivity contribution in [1.29, 1.82) is 0 Å². The highest BCUT2D eigenvalue weighted by atomic mass is 32.1. The van der Waals surface area contributed by atoms with Gasteiger partial charge in [0.1, 0.15) is 28.8 Å². The molecule has 2 heterocycles. The largest absolute Gasteiger partial charge is 0.487 e. The molecule has 10 heteroatoms. The minimum Gasteiger partial charge on any atom is -0.487 e. The summed E-state index contributed by atoms with van der Waals surface area (Å²) >= 11 is 1.17. The molecule has 0 saturated carbocycles. The number of piperazine rings is 1. The Labute approximate surface area is 212 Å². The minimum atomic E-state index is -0.665. The van der Waals surface area contributed by atoms with Crippen LogP contribution in [0.2, 0.25) is 0 Å². The van der Waals surface area contributed by atoms with Gasteiger partial charge in [-0.15, -0.1) is 11.3 Å². The van der Waals surface area contributed by atoms with Crippen molar-refractivity contribution in [3.8, 4) is 11.5 Å². The molecule has 0 spiro atoms. The molecule has 3 aromatic rings. The lowest BCUT2D eigenvalue weighted by Gasteiger charge is -2.36. The number of thiophene rings is 1. The van der Waals surface area contributed by atoms with Crippen LogP contribution in [-0.2, 0) is 11.4 Å². The van der Waals surface area contributed by atoms with Crippen molar-refractivity contribution in [2.24, 2.45) is 5.73 Å². The van der Waals surface area contributed by atoms with Crippen LogP contribution in [0.5, 0.6) is 11.5 Å². The molecule has 1 atom stereocenters. The summed E-state index contributed by atoms with van der Waals surface area (Å²) in [6.45, 7) is 2.94. The molecule has 8 nitrogen and oxygen atoms in total. The van der Waals surface area contributed by atoms with Gasteiger partial charge in [0.15, 0.2) is 6.10 Å². The number of hydrogen-bond acceptors (Lipinski definition) is 6. The van der Waals surface area contributed by atoms with Gasteiger partial charge in [-0.3, -0.25) is 14.4 Å². The number of ether oxygens (including phenoxy) is 2. The molecular weight excluding hydrogens is 485 g/mol. The fraction of sp³-hybridized carbons (Fsp3) is 0.269. The van der Waals surface area contributed by atoms with Gasteiger partial charge in [0.05, 0.1) is 5.56 Å². The van der Waals surface area contributed by atoms with E-state index in [1.54, 1.807) is 35.4 Å².